The summed E-state index contributed by atoms with van der Waals surface area (Å²) in [6, 6.07) is 16.3. The lowest BCUT2D eigenvalue weighted by Crippen LogP contribution is -2.55. The molecule has 1 aliphatic rings. The topological polar surface area (TPSA) is 41.6 Å². The number of nitrogens with one attached hydrogen (secondary N) is 1. The molecule has 126 valence electrons. The summed E-state index contributed by atoms with van der Waals surface area (Å²) in [5, 5.41) is 3.34. The molecule has 1 saturated heterocycles. The molecule has 0 radical (unpaired) electrons. The summed E-state index contributed by atoms with van der Waals surface area (Å²) in [6.07, 6.45) is 0.730. The van der Waals surface area contributed by atoms with Gasteiger partial charge >= 0.3 is 0 Å². The van der Waals surface area contributed by atoms with Gasteiger partial charge in [0.15, 0.2) is 0 Å². The van der Waals surface area contributed by atoms with Crippen molar-refractivity contribution in [3.8, 4) is 16.9 Å². The highest BCUT2D eigenvalue weighted by molar-refractivity contribution is 5.83. The Balaban J connectivity index is 1.71. The van der Waals surface area contributed by atoms with E-state index in [0.717, 1.165) is 42.9 Å². The Kier molecular flexibility index (Phi) is 5.16. The third-order valence-corrected chi connectivity index (χ3v) is 4.56. The van der Waals surface area contributed by atoms with Gasteiger partial charge in [-0.1, -0.05) is 36.4 Å². The normalized spacial score (nSPS) is 17.8. The molecule has 1 fully saturated rings. The predicted octanol–water partition coefficient (Wildman–Crippen LogP) is 2.73. The summed E-state index contributed by atoms with van der Waals surface area (Å²) >= 11 is 0. The number of nitrogens with zero attached hydrogens (tertiary/aromatic N) is 1. The molecule has 4 nitrogen and oxygen atoms in total. The zero-order valence-electron chi connectivity index (χ0n) is 14.3. The van der Waals surface area contributed by atoms with E-state index in [1.54, 1.807) is 7.11 Å². The maximum atomic E-state index is 12.4. The monoisotopic (exact) mass is 324 g/mol. The largest absolute Gasteiger partial charge is 0.497 e. The van der Waals surface area contributed by atoms with E-state index in [1.165, 1.54) is 5.56 Å². The van der Waals surface area contributed by atoms with E-state index in [4.69, 9.17) is 4.74 Å². The standard InChI is InChI=1S/C20H24N2O2/c1-3-22-12-11-21-19(20(22)23)13-15-7-9-16(10-8-15)17-5-4-6-18(14-17)24-2/h4-10,14,19,21H,3,11-13H2,1-2H3. The third-order valence-electron chi connectivity index (χ3n) is 4.56. The van der Waals surface area contributed by atoms with Gasteiger partial charge in [-0.3, -0.25) is 4.79 Å². The van der Waals surface area contributed by atoms with Crippen LogP contribution in [-0.4, -0.2) is 43.6 Å². The molecule has 1 amide bonds. The summed E-state index contributed by atoms with van der Waals surface area (Å²) in [6.45, 7) is 4.49. The minimum atomic E-state index is -0.110. The van der Waals surface area contributed by atoms with Gasteiger partial charge in [-0.05, 0) is 42.2 Å². The molecule has 1 heterocycles. The lowest BCUT2D eigenvalue weighted by molar-refractivity contribution is -0.135. The smallest absolute Gasteiger partial charge is 0.240 e. The summed E-state index contributed by atoms with van der Waals surface area (Å²) in [7, 11) is 1.68. The number of hydrogen-bond donors (Lipinski definition) is 1. The van der Waals surface area contributed by atoms with Crippen molar-refractivity contribution >= 4 is 5.91 Å². The number of piperazine rings is 1. The lowest BCUT2D eigenvalue weighted by Gasteiger charge is -2.32. The molecule has 1 unspecified atom stereocenters. The Morgan fingerprint density at radius 1 is 1.17 bits per heavy atom. The van der Waals surface area contributed by atoms with Gasteiger partial charge in [-0.25, -0.2) is 0 Å². The van der Waals surface area contributed by atoms with Gasteiger partial charge in [0.25, 0.3) is 0 Å². The van der Waals surface area contributed by atoms with Crippen molar-refractivity contribution in [2.45, 2.75) is 19.4 Å². The SMILES string of the molecule is CCN1CCNC(Cc2ccc(-c3cccc(OC)c3)cc2)C1=O. The number of hydrogen-bond acceptors (Lipinski definition) is 3. The first kappa shape index (κ1) is 16.5. The van der Waals surface area contributed by atoms with Crippen molar-refractivity contribution < 1.29 is 9.53 Å². The first-order chi connectivity index (χ1) is 11.7. The van der Waals surface area contributed by atoms with E-state index >= 15 is 0 Å². The van der Waals surface area contributed by atoms with Crippen LogP contribution in [-0.2, 0) is 11.2 Å². The van der Waals surface area contributed by atoms with Crippen molar-refractivity contribution in [2.24, 2.45) is 0 Å². The number of benzene rings is 2. The zero-order chi connectivity index (χ0) is 16.9. The Morgan fingerprint density at radius 3 is 2.67 bits per heavy atom. The lowest BCUT2D eigenvalue weighted by atomic mass is 9.99. The second kappa shape index (κ2) is 7.49. The second-order valence-electron chi connectivity index (χ2n) is 6.06. The fourth-order valence-corrected chi connectivity index (χ4v) is 3.14. The van der Waals surface area contributed by atoms with Gasteiger partial charge in [-0.2, -0.15) is 0 Å². The molecule has 0 saturated carbocycles. The average molecular weight is 324 g/mol. The summed E-state index contributed by atoms with van der Waals surface area (Å²) in [5.74, 6) is 1.06. The number of carbonyl (C=O) groups is 1. The van der Waals surface area contributed by atoms with Crippen molar-refractivity contribution in [3.63, 3.8) is 0 Å². The molecule has 4 heteroatoms. The van der Waals surface area contributed by atoms with Crippen LogP contribution in [0.3, 0.4) is 0 Å². The summed E-state index contributed by atoms with van der Waals surface area (Å²) in [4.78, 5) is 14.3. The Hall–Kier alpha value is -2.33. The van der Waals surface area contributed by atoms with Crippen LogP contribution < -0.4 is 10.1 Å². The van der Waals surface area contributed by atoms with Crippen molar-refractivity contribution in [3.05, 3.63) is 54.1 Å². The fraction of sp³-hybridized carbons (Fsp3) is 0.350. The van der Waals surface area contributed by atoms with Crippen LogP contribution in [0, 0.1) is 0 Å². The highest BCUT2D eigenvalue weighted by atomic mass is 16.5. The van der Waals surface area contributed by atoms with E-state index in [0.29, 0.717) is 0 Å². The van der Waals surface area contributed by atoms with Crippen molar-refractivity contribution in [1.29, 1.82) is 0 Å². The molecule has 3 rings (SSSR count). The van der Waals surface area contributed by atoms with Gasteiger partial charge in [0.1, 0.15) is 5.75 Å². The molecule has 0 bridgehead atoms. The molecular weight excluding hydrogens is 300 g/mol. The van der Waals surface area contributed by atoms with E-state index < -0.39 is 0 Å². The van der Waals surface area contributed by atoms with Crippen LogP contribution in [0.4, 0.5) is 0 Å². The van der Waals surface area contributed by atoms with Crippen LogP contribution in [0.2, 0.25) is 0 Å². The minimum absolute atomic E-state index is 0.110. The highest BCUT2D eigenvalue weighted by Crippen LogP contribution is 2.24. The number of methoxy groups -OCH3 is 1. The van der Waals surface area contributed by atoms with Gasteiger partial charge in [-0.15, -0.1) is 0 Å². The molecule has 2 aromatic carbocycles. The Bertz CT molecular complexity index is 697. The van der Waals surface area contributed by atoms with Gasteiger partial charge < -0.3 is 15.0 Å². The fourth-order valence-electron chi connectivity index (χ4n) is 3.14. The van der Waals surface area contributed by atoms with Crippen molar-refractivity contribution in [1.82, 2.24) is 10.2 Å². The maximum Gasteiger partial charge on any atom is 0.240 e. The molecular formula is C20H24N2O2. The second-order valence-corrected chi connectivity index (χ2v) is 6.06. The molecule has 2 aromatic rings. The first-order valence-corrected chi connectivity index (χ1v) is 8.47. The van der Waals surface area contributed by atoms with Gasteiger partial charge in [0.2, 0.25) is 5.91 Å². The average Bonchev–Trinajstić information content (AvgIpc) is 2.64. The number of likely N-dealkylation sites (N-methyl/N-ethyl adjacent to an activating group) is 1. The predicted molar refractivity (Wildman–Crippen MR) is 96.2 cm³/mol. The first-order valence-electron chi connectivity index (χ1n) is 8.47. The highest BCUT2D eigenvalue weighted by Gasteiger charge is 2.27. The molecule has 1 N–H and O–H groups in total. The minimum Gasteiger partial charge on any atom is -0.497 e. The van der Waals surface area contributed by atoms with Gasteiger partial charge in [0, 0.05) is 19.6 Å². The molecule has 1 aliphatic heterocycles. The van der Waals surface area contributed by atoms with E-state index in [1.807, 2.05) is 30.0 Å². The van der Waals surface area contributed by atoms with E-state index in [-0.39, 0.29) is 11.9 Å². The quantitative estimate of drug-likeness (QED) is 0.919. The molecule has 0 aliphatic carbocycles. The molecule has 24 heavy (non-hydrogen) atoms. The van der Waals surface area contributed by atoms with Crippen LogP contribution in [0.1, 0.15) is 12.5 Å². The summed E-state index contributed by atoms with van der Waals surface area (Å²) in [5.41, 5.74) is 3.45. The van der Waals surface area contributed by atoms with E-state index in [9.17, 15) is 4.79 Å². The number of ether oxygens (including phenoxy) is 1. The van der Waals surface area contributed by atoms with Gasteiger partial charge in [0.05, 0.1) is 13.2 Å². The molecule has 1 atom stereocenters. The van der Waals surface area contributed by atoms with Crippen LogP contribution in [0.5, 0.6) is 5.75 Å². The number of amides is 1. The number of carbonyl (C=O) groups excluding carboxylic acids is 1. The molecule has 0 aromatic heterocycles. The van der Waals surface area contributed by atoms with Crippen LogP contribution >= 0.6 is 0 Å². The van der Waals surface area contributed by atoms with Crippen LogP contribution in [0.25, 0.3) is 11.1 Å². The Labute approximate surface area is 143 Å². The Morgan fingerprint density at radius 2 is 1.96 bits per heavy atom. The zero-order valence-corrected chi connectivity index (χ0v) is 14.3. The molecule has 0 spiro atoms. The van der Waals surface area contributed by atoms with Crippen molar-refractivity contribution in [2.75, 3.05) is 26.7 Å². The summed E-state index contributed by atoms with van der Waals surface area (Å²) < 4.78 is 5.28. The maximum absolute atomic E-state index is 12.4. The van der Waals surface area contributed by atoms with E-state index in [2.05, 4.69) is 35.6 Å². The number of rotatable bonds is 5. The third kappa shape index (κ3) is 3.60. The van der Waals surface area contributed by atoms with Crippen LogP contribution in [0.15, 0.2) is 48.5 Å².